The van der Waals surface area contributed by atoms with Crippen molar-refractivity contribution in [2.75, 3.05) is 0 Å². The highest BCUT2D eigenvalue weighted by Crippen LogP contribution is 2.15. The minimum atomic E-state index is 1.12. The molecule has 0 spiro atoms. The number of aryl methyl sites for hydroxylation is 1. The molecule has 0 unspecified atom stereocenters. The van der Waals surface area contributed by atoms with E-state index in [1.807, 2.05) is 11.3 Å². The summed E-state index contributed by atoms with van der Waals surface area (Å²) in [6.45, 7) is 3.89. The van der Waals surface area contributed by atoms with Gasteiger partial charge in [-0.15, -0.1) is 11.3 Å². The third-order valence-electron chi connectivity index (χ3n) is 4.25. The van der Waals surface area contributed by atoms with Crippen LogP contribution in [0, 0.1) is 6.92 Å². The largest absolute Gasteiger partial charge is 0.149 e. The average molecular weight is 308 g/mol. The van der Waals surface area contributed by atoms with Crippen LogP contribution in [0.3, 0.4) is 0 Å². The van der Waals surface area contributed by atoms with Crippen LogP contribution in [0.4, 0.5) is 0 Å². The molecular formula is C20H35S. The van der Waals surface area contributed by atoms with Gasteiger partial charge in [-0.2, -0.15) is 0 Å². The van der Waals surface area contributed by atoms with Crippen LogP contribution in [-0.4, -0.2) is 0 Å². The third-order valence-corrected chi connectivity index (χ3v) is 5.19. The van der Waals surface area contributed by atoms with Gasteiger partial charge in [-0.05, 0) is 24.3 Å². The summed E-state index contributed by atoms with van der Waals surface area (Å²) in [5.41, 5.74) is 0. The van der Waals surface area contributed by atoms with Gasteiger partial charge in [0, 0.05) is 4.88 Å². The molecule has 0 aromatic carbocycles. The lowest BCUT2D eigenvalue weighted by Gasteiger charge is -2.03. The van der Waals surface area contributed by atoms with Crippen molar-refractivity contribution in [2.45, 2.75) is 96.3 Å². The first-order valence-electron chi connectivity index (χ1n) is 9.25. The SMILES string of the molecule is [CH2]CCCCCCCCCCCCCCCc1cccs1. The molecule has 0 atom stereocenters. The topological polar surface area (TPSA) is 0 Å². The highest BCUT2D eigenvalue weighted by atomic mass is 32.1. The van der Waals surface area contributed by atoms with E-state index in [-0.39, 0.29) is 0 Å². The van der Waals surface area contributed by atoms with Gasteiger partial charge in [-0.3, -0.25) is 0 Å². The van der Waals surface area contributed by atoms with E-state index in [0.29, 0.717) is 0 Å². The summed E-state index contributed by atoms with van der Waals surface area (Å²) >= 11 is 1.91. The molecule has 1 heterocycles. The molecule has 0 N–H and O–H groups in total. The molecule has 121 valence electrons. The molecule has 0 aliphatic rings. The minimum Gasteiger partial charge on any atom is -0.149 e. The lowest BCUT2D eigenvalue weighted by Crippen LogP contribution is -1.84. The molecule has 1 aromatic rings. The summed E-state index contributed by atoms with van der Waals surface area (Å²) < 4.78 is 0. The third kappa shape index (κ3) is 12.0. The Bertz CT molecular complexity index is 289. The zero-order valence-corrected chi connectivity index (χ0v) is 14.8. The van der Waals surface area contributed by atoms with Crippen LogP contribution in [0.1, 0.15) is 94.8 Å². The zero-order chi connectivity index (χ0) is 15.0. The molecule has 0 bridgehead atoms. The van der Waals surface area contributed by atoms with E-state index in [9.17, 15) is 0 Å². The molecule has 0 saturated carbocycles. The van der Waals surface area contributed by atoms with E-state index in [1.54, 1.807) is 4.88 Å². The van der Waals surface area contributed by atoms with Crippen molar-refractivity contribution in [1.82, 2.24) is 0 Å². The van der Waals surface area contributed by atoms with Gasteiger partial charge in [0.1, 0.15) is 0 Å². The van der Waals surface area contributed by atoms with Crippen molar-refractivity contribution in [3.8, 4) is 0 Å². The molecule has 0 aliphatic heterocycles. The first kappa shape index (κ1) is 18.7. The van der Waals surface area contributed by atoms with Gasteiger partial charge in [0.2, 0.25) is 0 Å². The normalized spacial score (nSPS) is 11.1. The molecule has 1 heteroatoms. The van der Waals surface area contributed by atoms with E-state index in [0.717, 1.165) is 6.42 Å². The molecule has 1 radical (unpaired) electrons. The number of hydrogen-bond donors (Lipinski definition) is 0. The first-order chi connectivity index (χ1) is 10.4. The Morgan fingerprint density at radius 3 is 1.57 bits per heavy atom. The highest BCUT2D eigenvalue weighted by Gasteiger charge is 1.95. The fraction of sp³-hybridized carbons (Fsp3) is 0.750. The lowest BCUT2D eigenvalue weighted by molar-refractivity contribution is 0.537. The predicted molar refractivity (Wildman–Crippen MR) is 98.0 cm³/mol. The number of unbranched alkanes of at least 4 members (excludes halogenated alkanes) is 13. The van der Waals surface area contributed by atoms with Gasteiger partial charge in [-0.25, -0.2) is 0 Å². The fourth-order valence-corrected chi connectivity index (χ4v) is 3.63. The van der Waals surface area contributed by atoms with Crippen LogP contribution in [0.25, 0.3) is 0 Å². The molecule has 0 amide bonds. The fourth-order valence-electron chi connectivity index (χ4n) is 2.88. The number of hydrogen-bond acceptors (Lipinski definition) is 1. The molecule has 0 nitrogen and oxygen atoms in total. The second kappa shape index (κ2) is 14.6. The molecule has 1 rings (SSSR count). The van der Waals surface area contributed by atoms with Crippen LogP contribution in [0.2, 0.25) is 0 Å². The van der Waals surface area contributed by atoms with E-state index in [4.69, 9.17) is 0 Å². The van der Waals surface area contributed by atoms with E-state index in [2.05, 4.69) is 24.4 Å². The van der Waals surface area contributed by atoms with Gasteiger partial charge in [0.05, 0.1) is 0 Å². The maximum atomic E-state index is 3.89. The van der Waals surface area contributed by atoms with Gasteiger partial charge in [0.25, 0.3) is 0 Å². The first-order valence-corrected chi connectivity index (χ1v) is 10.1. The standard InChI is InChI=1S/C20H35S/c1-2-3-4-5-6-7-8-9-10-11-12-13-14-15-17-20-18-16-19-21-20/h16,18-19H,1-15,17H2. The Kier molecular flexibility index (Phi) is 13.1. The summed E-state index contributed by atoms with van der Waals surface area (Å²) in [5, 5.41) is 2.19. The summed E-state index contributed by atoms with van der Waals surface area (Å²) in [6, 6.07) is 4.44. The van der Waals surface area contributed by atoms with Crippen LogP contribution < -0.4 is 0 Å². The average Bonchev–Trinajstić information content (AvgIpc) is 3.01. The number of rotatable bonds is 15. The Balaban J connectivity index is 1.69. The van der Waals surface area contributed by atoms with Crippen LogP contribution in [0.5, 0.6) is 0 Å². The monoisotopic (exact) mass is 307 g/mol. The van der Waals surface area contributed by atoms with Gasteiger partial charge >= 0.3 is 0 Å². The van der Waals surface area contributed by atoms with Crippen molar-refractivity contribution in [3.63, 3.8) is 0 Å². The van der Waals surface area contributed by atoms with Crippen molar-refractivity contribution in [2.24, 2.45) is 0 Å². The van der Waals surface area contributed by atoms with Crippen molar-refractivity contribution in [3.05, 3.63) is 29.3 Å². The van der Waals surface area contributed by atoms with Gasteiger partial charge < -0.3 is 0 Å². The quantitative estimate of drug-likeness (QED) is 0.293. The molecule has 21 heavy (non-hydrogen) atoms. The Hall–Kier alpha value is -0.300. The molecular weight excluding hydrogens is 272 g/mol. The van der Waals surface area contributed by atoms with E-state index in [1.165, 1.54) is 89.9 Å². The second-order valence-corrected chi connectivity index (χ2v) is 7.31. The van der Waals surface area contributed by atoms with Crippen LogP contribution in [-0.2, 0) is 6.42 Å². The maximum absolute atomic E-state index is 3.89. The summed E-state index contributed by atoms with van der Waals surface area (Å²) in [5.74, 6) is 0. The van der Waals surface area contributed by atoms with Gasteiger partial charge in [-0.1, -0.05) is 96.5 Å². The summed E-state index contributed by atoms with van der Waals surface area (Å²) in [7, 11) is 0. The summed E-state index contributed by atoms with van der Waals surface area (Å²) in [6.07, 6.45) is 21.0. The lowest BCUT2D eigenvalue weighted by atomic mass is 10.0. The second-order valence-electron chi connectivity index (χ2n) is 6.28. The molecule has 0 aliphatic carbocycles. The zero-order valence-electron chi connectivity index (χ0n) is 14.0. The van der Waals surface area contributed by atoms with E-state index < -0.39 is 0 Å². The molecule has 1 aromatic heterocycles. The Morgan fingerprint density at radius 1 is 0.667 bits per heavy atom. The predicted octanol–water partition coefficient (Wildman–Crippen LogP) is 7.59. The summed E-state index contributed by atoms with van der Waals surface area (Å²) in [4.78, 5) is 1.56. The maximum Gasteiger partial charge on any atom is 0.00452 e. The molecule has 0 fully saturated rings. The highest BCUT2D eigenvalue weighted by molar-refractivity contribution is 7.09. The smallest absolute Gasteiger partial charge is 0.00452 e. The van der Waals surface area contributed by atoms with Crippen molar-refractivity contribution in [1.29, 1.82) is 0 Å². The minimum absolute atomic E-state index is 1.12. The van der Waals surface area contributed by atoms with Crippen molar-refractivity contribution >= 4 is 11.3 Å². The Morgan fingerprint density at radius 2 is 1.14 bits per heavy atom. The van der Waals surface area contributed by atoms with Gasteiger partial charge in [0.15, 0.2) is 0 Å². The van der Waals surface area contributed by atoms with Crippen LogP contribution >= 0.6 is 11.3 Å². The van der Waals surface area contributed by atoms with E-state index >= 15 is 0 Å². The molecule has 0 saturated heterocycles. The Labute approximate surface area is 137 Å². The van der Waals surface area contributed by atoms with Crippen molar-refractivity contribution < 1.29 is 0 Å². The van der Waals surface area contributed by atoms with Crippen LogP contribution in [0.15, 0.2) is 17.5 Å². The number of thiophene rings is 1.